The van der Waals surface area contributed by atoms with Crippen LogP contribution in [0.1, 0.15) is 63.2 Å². The number of fused-ring (bicyclic) bond motifs is 1. The van der Waals surface area contributed by atoms with Crippen LogP contribution >= 0.6 is 0 Å². The van der Waals surface area contributed by atoms with E-state index in [1.807, 2.05) is 27.9 Å². The lowest BCUT2D eigenvalue weighted by Gasteiger charge is -2.36. The van der Waals surface area contributed by atoms with Crippen molar-refractivity contribution in [2.75, 3.05) is 64.6 Å². The summed E-state index contributed by atoms with van der Waals surface area (Å²) >= 11 is 0. The van der Waals surface area contributed by atoms with E-state index in [0.29, 0.717) is 36.7 Å². The number of hydrogen-bond donors (Lipinski definition) is 3. The van der Waals surface area contributed by atoms with Crippen LogP contribution in [-0.4, -0.2) is 110 Å². The number of ether oxygens (including phenoxy) is 2. The molecule has 1 heterocycles. The van der Waals surface area contributed by atoms with Gasteiger partial charge in [-0.15, -0.1) is 0 Å². The number of nitrogens with zero attached hydrogens (tertiary/aromatic N) is 3. The smallest absolute Gasteiger partial charge is 0.323 e. The molecule has 1 aliphatic heterocycles. The Morgan fingerprint density at radius 2 is 1.74 bits per heavy atom. The largest absolute Gasteiger partial charge is 0.490 e. The molecular formula is C35H52FN5O6. The molecule has 4 atom stereocenters. The van der Waals surface area contributed by atoms with Gasteiger partial charge in [-0.1, -0.05) is 6.92 Å². The average molecular weight is 658 g/mol. The van der Waals surface area contributed by atoms with Gasteiger partial charge in [0.1, 0.15) is 11.6 Å². The number of aliphatic hydroxyl groups excluding tert-OH is 1. The topological polar surface area (TPSA) is 124 Å². The predicted molar refractivity (Wildman–Crippen MR) is 181 cm³/mol. The van der Waals surface area contributed by atoms with Crippen molar-refractivity contribution in [1.29, 1.82) is 0 Å². The number of carbonyl (C=O) groups is 3. The molecule has 12 heteroatoms. The number of halogens is 1. The van der Waals surface area contributed by atoms with Gasteiger partial charge in [0, 0.05) is 50.5 Å². The predicted octanol–water partition coefficient (Wildman–Crippen LogP) is 5.07. The van der Waals surface area contributed by atoms with Crippen molar-refractivity contribution in [3.63, 3.8) is 0 Å². The van der Waals surface area contributed by atoms with Crippen LogP contribution in [0.15, 0.2) is 42.5 Å². The Bertz CT molecular complexity index is 1310. The van der Waals surface area contributed by atoms with E-state index in [0.717, 1.165) is 32.2 Å². The van der Waals surface area contributed by atoms with Gasteiger partial charge in [-0.05, 0) is 103 Å². The van der Waals surface area contributed by atoms with Gasteiger partial charge >= 0.3 is 6.03 Å². The van der Waals surface area contributed by atoms with Gasteiger partial charge in [-0.25, -0.2) is 9.18 Å². The zero-order chi connectivity index (χ0) is 34.5. The number of nitrogens with one attached hydrogen (secondary N) is 2. The van der Waals surface area contributed by atoms with E-state index >= 15 is 0 Å². The molecule has 0 saturated carbocycles. The summed E-state index contributed by atoms with van der Waals surface area (Å²) in [5, 5.41) is 15.6. The molecule has 47 heavy (non-hydrogen) atoms. The molecule has 0 radical (unpaired) electrons. The molecule has 260 valence electrons. The standard InChI is InChI=1S/C35H52FN5O6/c1-24-21-41(25(2)23-42)34(44)30-20-29(38-35(45)37-28-14-12-27(36)13-15-28)16-17-31(30)47-26(3)10-7-8-19-46-32(24)22-40(6)33(43)11-9-18-39(4)5/h12-17,20,24-26,32,42H,7-11,18-19,21-23H2,1-6H3,(H2,37,38,45)/t24-,25-,26+,32+/m0/s1. The third kappa shape index (κ3) is 12.1. The van der Waals surface area contributed by atoms with Crippen molar-refractivity contribution in [3.8, 4) is 5.75 Å². The maximum Gasteiger partial charge on any atom is 0.323 e. The SMILES string of the molecule is C[C@@H]1CCCCO[C@H](CN(C)C(=O)CCCN(C)C)[C@@H](C)CN([C@@H](C)CO)C(=O)c2cc(NC(=O)Nc3ccc(F)cc3)ccc2O1. The first kappa shape index (κ1) is 37.7. The van der Waals surface area contributed by atoms with Crippen molar-refractivity contribution in [2.45, 2.75) is 71.1 Å². The van der Waals surface area contributed by atoms with Crippen LogP contribution in [0.4, 0.5) is 20.6 Å². The summed E-state index contributed by atoms with van der Waals surface area (Å²) in [6.45, 7) is 7.41. The number of aliphatic hydroxyl groups is 1. The summed E-state index contributed by atoms with van der Waals surface area (Å²) in [4.78, 5) is 45.3. The van der Waals surface area contributed by atoms with E-state index in [-0.39, 0.29) is 48.7 Å². The molecule has 0 saturated heterocycles. The number of amides is 4. The molecule has 2 aromatic rings. The van der Waals surface area contributed by atoms with Crippen LogP contribution in [0.25, 0.3) is 0 Å². The van der Waals surface area contributed by atoms with Crippen molar-refractivity contribution in [3.05, 3.63) is 53.8 Å². The number of carbonyl (C=O) groups excluding carboxylic acids is 3. The van der Waals surface area contributed by atoms with Crippen LogP contribution in [0, 0.1) is 11.7 Å². The Morgan fingerprint density at radius 1 is 1.06 bits per heavy atom. The number of rotatable bonds is 10. The van der Waals surface area contributed by atoms with E-state index in [4.69, 9.17) is 9.47 Å². The maximum atomic E-state index is 14.3. The van der Waals surface area contributed by atoms with Crippen LogP contribution < -0.4 is 15.4 Å². The average Bonchev–Trinajstić information content (AvgIpc) is 3.03. The van der Waals surface area contributed by atoms with Gasteiger partial charge < -0.3 is 39.9 Å². The van der Waals surface area contributed by atoms with E-state index in [9.17, 15) is 23.9 Å². The maximum absolute atomic E-state index is 14.3. The van der Waals surface area contributed by atoms with E-state index in [1.54, 1.807) is 42.0 Å². The Labute approximate surface area is 278 Å². The molecule has 0 unspecified atom stereocenters. The lowest BCUT2D eigenvalue weighted by atomic mass is 10.0. The number of hydrogen-bond acceptors (Lipinski definition) is 7. The monoisotopic (exact) mass is 657 g/mol. The van der Waals surface area contributed by atoms with E-state index in [2.05, 4.69) is 15.5 Å². The minimum Gasteiger partial charge on any atom is -0.490 e. The normalized spacial score (nSPS) is 20.1. The van der Waals surface area contributed by atoms with Crippen molar-refractivity contribution in [1.82, 2.24) is 14.7 Å². The second kappa shape index (κ2) is 18.6. The second-order valence-electron chi connectivity index (χ2n) is 12.8. The molecule has 4 amide bonds. The fraction of sp³-hybridized carbons (Fsp3) is 0.571. The highest BCUT2D eigenvalue weighted by atomic mass is 19.1. The molecule has 0 aliphatic carbocycles. The summed E-state index contributed by atoms with van der Waals surface area (Å²) in [7, 11) is 5.75. The summed E-state index contributed by atoms with van der Waals surface area (Å²) in [6.07, 6.45) is 3.06. The Morgan fingerprint density at radius 3 is 2.43 bits per heavy atom. The molecule has 0 aromatic heterocycles. The fourth-order valence-corrected chi connectivity index (χ4v) is 5.40. The lowest BCUT2D eigenvalue weighted by Crippen LogP contribution is -2.48. The minimum absolute atomic E-state index is 0.0436. The molecule has 2 aromatic carbocycles. The van der Waals surface area contributed by atoms with Crippen LogP contribution in [0.3, 0.4) is 0 Å². The number of urea groups is 1. The summed E-state index contributed by atoms with van der Waals surface area (Å²) in [6, 6.07) is 9.17. The molecule has 0 spiro atoms. The molecule has 3 N–H and O–H groups in total. The van der Waals surface area contributed by atoms with Crippen molar-refractivity contribution >= 4 is 29.2 Å². The highest BCUT2D eigenvalue weighted by Gasteiger charge is 2.31. The number of benzene rings is 2. The van der Waals surface area contributed by atoms with Crippen LogP contribution in [0.5, 0.6) is 5.75 Å². The fourth-order valence-electron chi connectivity index (χ4n) is 5.40. The second-order valence-corrected chi connectivity index (χ2v) is 12.8. The van der Waals surface area contributed by atoms with E-state index in [1.165, 1.54) is 24.3 Å². The van der Waals surface area contributed by atoms with Gasteiger partial charge in [0.15, 0.2) is 0 Å². The number of likely N-dealkylation sites (N-methyl/N-ethyl adjacent to an activating group) is 1. The Balaban J connectivity index is 1.87. The summed E-state index contributed by atoms with van der Waals surface area (Å²) in [5.41, 5.74) is 1.01. The van der Waals surface area contributed by atoms with Crippen LogP contribution in [-0.2, 0) is 9.53 Å². The Hall–Kier alpha value is -3.74. The van der Waals surface area contributed by atoms with Gasteiger partial charge in [-0.3, -0.25) is 9.59 Å². The first-order valence-electron chi connectivity index (χ1n) is 16.4. The quantitative estimate of drug-likeness (QED) is 0.326. The molecular weight excluding hydrogens is 605 g/mol. The minimum atomic E-state index is -0.561. The highest BCUT2D eigenvalue weighted by Crippen LogP contribution is 2.29. The third-order valence-corrected chi connectivity index (χ3v) is 8.29. The number of anilines is 2. The van der Waals surface area contributed by atoms with E-state index < -0.39 is 17.9 Å². The zero-order valence-corrected chi connectivity index (χ0v) is 28.6. The highest BCUT2D eigenvalue weighted by molar-refractivity contribution is 6.02. The van der Waals surface area contributed by atoms with Crippen molar-refractivity contribution in [2.24, 2.45) is 5.92 Å². The van der Waals surface area contributed by atoms with Gasteiger partial charge in [-0.2, -0.15) is 0 Å². The molecule has 0 fully saturated rings. The summed E-state index contributed by atoms with van der Waals surface area (Å²) < 4.78 is 25.9. The first-order chi connectivity index (χ1) is 22.4. The van der Waals surface area contributed by atoms with Gasteiger partial charge in [0.2, 0.25) is 5.91 Å². The third-order valence-electron chi connectivity index (χ3n) is 8.29. The lowest BCUT2D eigenvalue weighted by molar-refractivity contribution is -0.132. The Kier molecular flexibility index (Phi) is 14.9. The van der Waals surface area contributed by atoms with Gasteiger partial charge in [0.25, 0.3) is 5.91 Å². The molecule has 0 bridgehead atoms. The molecule has 1 aliphatic rings. The molecule has 11 nitrogen and oxygen atoms in total. The first-order valence-corrected chi connectivity index (χ1v) is 16.4. The van der Waals surface area contributed by atoms with Crippen molar-refractivity contribution < 1.29 is 33.4 Å². The van der Waals surface area contributed by atoms with Crippen LogP contribution in [0.2, 0.25) is 0 Å². The zero-order valence-electron chi connectivity index (χ0n) is 28.6. The summed E-state index contributed by atoms with van der Waals surface area (Å²) in [5.74, 6) is -0.546. The van der Waals surface area contributed by atoms with Gasteiger partial charge in [0.05, 0.1) is 30.4 Å². The molecule has 3 rings (SSSR count).